The van der Waals surface area contributed by atoms with E-state index in [0.717, 1.165) is 12.1 Å². The number of rotatable bonds is 5. The third-order valence-electron chi connectivity index (χ3n) is 3.32. The summed E-state index contributed by atoms with van der Waals surface area (Å²) in [5, 5.41) is 5.20. The van der Waals surface area contributed by atoms with Crippen LogP contribution in [-0.4, -0.2) is 10.9 Å². The summed E-state index contributed by atoms with van der Waals surface area (Å²) in [6.07, 6.45) is 4.14. The van der Waals surface area contributed by atoms with E-state index in [1.165, 1.54) is 24.7 Å². The van der Waals surface area contributed by atoms with Crippen LogP contribution in [0.1, 0.15) is 16.1 Å². The fraction of sp³-hybridized carbons (Fsp3) is 0.0588. The molecule has 0 saturated carbocycles. The molecule has 25 heavy (non-hydrogen) atoms. The van der Waals surface area contributed by atoms with E-state index >= 15 is 0 Å². The number of furan rings is 1. The zero-order chi connectivity index (χ0) is 17.8. The van der Waals surface area contributed by atoms with E-state index in [1.807, 2.05) is 0 Å². The van der Waals surface area contributed by atoms with Gasteiger partial charge in [0.2, 0.25) is 0 Å². The van der Waals surface area contributed by atoms with Crippen molar-refractivity contribution in [3.63, 3.8) is 0 Å². The van der Waals surface area contributed by atoms with Gasteiger partial charge in [-0.1, -0.05) is 0 Å². The van der Waals surface area contributed by atoms with E-state index in [-0.39, 0.29) is 23.5 Å². The van der Waals surface area contributed by atoms with Crippen LogP contribution in [0.2, 0.25) is 0 Å². The molecule has 3 aromatic rings. The number of anilines is 2. The minimum atomic E-state index is -1.58. The second-order valence-corrected chi connectivity index (χ2v) is 5.07. The lowest BCUT2D eigenvalue weighted by molar-refractivity contribution is 0.0947. The molecule has 0 spiro atoms. The molecule has 128 valence electrons. The molecule has 0 atom stereocenters. The van der Waals surface area contributed by atoms with Crippen molar-refractivity contribution in [2.75, 3.05) is 5.32 Å². The van der Waals surface area contributed by atoms with Crippen molar-refractivity contribution in [3.8, 4) is 0 Å². The van der Waals surface area contributed by atoms with Gasteiger partial charge in [0.1, 0.15) is 5.76 Å². The number of nitrogens with zero attached hydrogens (tertiary/aromatic N) is 1. The molecule has 2 N–H and O–H groups in total. The second kappa shape index (κ2) is 7.08. The maximum atomic E-state index is 13.7. The zero-order valence-electron chi connectivity index (χ0n) is 12.7. The van der Waals surface area contributed by atoms with E-state index < -0.39 is 23.4 Å². The molecule has 5 nitrogen and oxygen atoms in total. The average molecular weight is 347 g/mol. The minimum Gasteiger partial charge on any atom is -0.467 e. The molecule has 8 heteroatoms. The molecular formula is C17H12F3N3O2. The van der Waals surface area contributed by atoms with Crippen LogP contribution >= 0.6 is 0 Å². The van der Waals surface area contributed by atoms with Gasteiger partial charge in [0, 0.05) is 6.20 Å². The predicted octanol–water partition coefficient (Wildman–Crippen LogP) is 3.77. The number of aromatic nitrogens is 1. The van der Waals surface area contributed by atoms with Gasteiger partial charge in [0.15, 0.2) is 17.5 Å². The molecule has 0 radical (unpaired) electrons. The lowest BCUT2D eigenvalue weighted by Gasteiger charge is -2.09. The van der Waals surface area contributed by atoms with Gasteiger partial charge in [-0.25, -0.2) is 13.2 Å². The first-order chi connectivity index (χ1) is 12.0. The van der Waals surface area contributed by atoms with Gasteiger partial charge >= 0.3 is 0 Å². The Labute approximate surface area is 140 Å². The highest BCUT2D eigenvalue weighted by Crippen LogP contribution is 2.23. The average Bonchev–Trinajstić information content (AvgIpc) is 3.14. The van der Waals surface area contributed by atoms with E-state index in [9.17, 15) is 18.0 Å². The summed E-state index contributed by atoms with van der Waals surface area (Å²) in [4.78, 5) is 16.0. The normalized spacial score (nSPS) is 10.5. The molecule has 0 aliphatic carbocycles. The number of nitrogens with one attached hydrogen (secondary N) is 2. The van der Waals surface area contributed by atoms with Crippen LogP contribution < -0.4 is 10.6 Å². The fourth-order valence-corrected chi connectivity index (χ4v) is 2.09. The predicted molar refractivity (Wildman–Crippen MR) is 83.7 cm³/mol. The van der Waals surface area contributed by atoms with Gasteiger partial charge in [0.05, 0.1) is 35.9 Å². The summed E-state index contributed by atoms with van der Waals surface area (Å²) in [6, 6.07) is 6.67. The van der Waals surface area contributed by atoms with Gasteiger partial charge in [0.25, 0.3) is 5.91 Å². The van der Waals surface area contributed by atoms with Crippen molar-refractivity contribution in [2.45, 2.75) is 6.54 Å². The summed E-state index contributed by atoms with van der Waals surface area (Å²) in [5.41, 5.74) is 0.184. The van der Waals surface area contributed by atoms with Gasteiger partial charge in [-0.15, -0.1) is 0 Å². The number of benzene rings is 1. The Bertz CT molecular complexity index is 898. The summed E-state index contributed by atoms with van der Waals surface area (Å²) in [5.74, 6) is -4.05. The second-order valence-electron chi connectivity index (χ2n) is 5.07. The fourth-order valence-electron chi connectivity index (χ4n) is 2.09. The maximum Gasteiger partial charge on any atom is 0.253 e. The quantitative estimate of drug-likeness (QED) is 0.690. The summed E-state index contributed by atoms with van der Waals surface area (Å²) in [6.45, 7) is 0.196. The first-order valence-corrected chi connectivity index (χ1v) is 7.21. The molecule has 1 amide bonds. The maximum absolute atomic E-state index is 13.7. The molecular weight excluding hydrogens is 335 g/mol. The highest BCUT2D eigenvalue weighted by Gasteiger charge is 2.14. The number of carbonyl (C=O) groups excluding carboxylic acids is 1. The van der Waals surface area contributed by atoms with Crippen molar-refractivity contribution in [2.24, 2.45) is 0 Å². The van der Waals surface area contributed by atoms with Crippen LogP contribution in [0.4, 0.5) is 24.5 Å². The molecule has 0 aliphatic heterocycles. The molecule has 2 heterocycles. The highest BCUT2D eigenvalue weighted by molar-refractivity contribution is 5.94. The van der Waals surface area contributed by atoms with Gasteiger partial charge in [-0.05, 0) is 30.3 Å². The van der Waals surface area contributed by atoms with Crippen molar-refractivity contribution >= 4 is 17.3 Å². The number of carbonyl (C=O) groups is 1. The van der Waals surface area contributed by atoms with Crippen molar-refractivity contribution in [1.82, 2.24) is 10.3 Å². The van der Waals surface area contributed by atoms with Crippen molar-refractivity contribution in [1.29, 1.82) is 0 Å². The third kappa shape index (κ3) is 3.79. The molecule has 3 rings (SSSR count). The standard InChI is InChI=1S/C17H12F3N3O2/c18-13-3-4-14(16(20)15(13)19)23-11-6-10(7-21-8-11)17(24)22-9-12-2-1-5-25-12/h1-8,23H,9H2,(H,22,24). The lowest BCUT2D eigenvalue weighted by Crippen LogP contribution is -2.22. The third-order valence-corrected chi connectivity index (χ3v) is 3.32. The monoisotopic (exact) mass is 347 g/mol. The van der Waals surface area contributed by atoms with Crippen molar-refractivity contribution in [3.05, 3.63) is 77.8 Å². The van der Waals surface area contributed by atoms with Crippen LogP contribution in [0.5, 0.6) is 0 Å². The number of hydrogen-bond donors (Lipinski definition) is 2. The zero-order valence-corrected chi connectivity index (χ0v) is 12.7. The van der Waals surface area contributed by atoms with Gasteiger partial charge < -0.3 is 15.1 Å². The minimum absolute atomic E-state index is 0.196. The van der Waals surface area contributed by atoms with E-state index in [2.05, 4.69) is 15.6 Å². The summed E-state index contributed by atoms with van der Waals surface area (Å²) < 4.78 is 45.0. The Morgan fingerprint density at radius 3 is 2.72 bits per heavy atom. The summed E-state index contributed by atoms with van der Waals surface area (Å²) in [7, 11) is 0. The van der Waals surface area contributed by atoms with Crippen LogP contribution in [0.3, 0.4) is 0 Å². The first-order valence-electron chi connectivity index (χ1n) is 7.21. The van der Waals surface area contributed by atoms with E-state index in [4.69, 9.17) is 4.42 Å². The number of hydrogen-bond acceptors (Lipinski definition) is 4. The van der Waals surface area contributed by atoms with Gasteiger partial charge in [-0.3, -0.25) is 9.78 Å². The Balaban J connectivity index is 1.73. The number of pyridine rings is 1. The Hall–Kier alpha value is -3.29. The Morgan fingerprint density at radius 2 is 1.96 bits per heavy atom. The molecule has 0 saturated heterocycles. The van der Waals surface area contributed by atoms with Crippen molar-refractivity contribution < 1.29 is 22.4 Å². The highest BCUT2D eigenvalue weighted by atomic mass is 19.2. The SMILES string of the molecule is O=C(NCc1ccco1)c1cncc(Nc2ccc(F)c(F)c2F)c1. The molecule has 1 aromatic carbocycles. The molecule has 0 aliphatic rings. The molecule has 0 unspecified atom stereocenters. The Kier molecular flexibility index (Phi) is 4.69. The molecule has 0 fully saturated rings. The van der Waals surface area contributed by atoms with Crippen LogP contribution in [0.15, 0.2) is 53.4 Å². The number of halogens is 3. The van der Waals surface area contributed by atoms with E-state index in [0.29, 0.717) is 5.76 Å². The topological polar surface area (TPSA) is 67.2 Å². The van der Waals surface area contributed by atoms with Crippen LogP contribution in [0, 0.1) is 17.5 Å². The smallest absolute Gasteiger partial charge is 0.253 e. The van der Waals surface area contributed by atoms with Crippen LogP contribution in [0.25, 0.3) is 0 Å². The summed E-state index contributed by atoms with van der Waals surface area (Å²) >= 11 is 0. The Morgan fingerprint density at radius 1 is 1.12 bits per heavy atom. The molecule has 0 bridgehead atoms. The van der Waals surface area contributed by atoms with Gasteiger partial charge in [-0.2, -0.15) is 0 Å². The van der Waals surface area contributed by atoms with Crippen LogP contribution in [-0.2, 0) is 6.54 Å². The number of amides is 1. The first kappa shape index (κ1) is 16.6. The molecule has 2 aromatic heterocycles. The lowest BCUT2D eigenvalue weighted by atomic mass is 10.2. The largest absolute Gasteiger partial charge is 0.467 e. The van der Waals surface area contributed by atoms with E-state index in [1.54, 1.807) is 12.1 Å².